The largest absolute Gasteiger partial charge is 0.462 e. The second kappa shape index (κ2) is 9.55. The van der Waals surface area contributed by atoms with Gasteiger partial charge in [-0.2, -0.15) is 0 Å². The van der Waals surface area contributed by atoms with Crippen LogP contribution in [0.2, 0.25) is 0 Å². The van der Waals surface area contributed by atoms with Gasteiger partial charge < -0.3 is 10.1 Å². The average molecular weight is 444 g/mol. The molecular formula is C19H29N3O5S2. The lowest BCUT2D eigenvalue weighted by Gasteiger charge is -2.32. The van der Waals surface area contributed by atoms with Crippen LogP contribution in [-0.2, 0) is 19.6 Å². The molecule has 0 radical (unpaired) electrons. The van der Waals surface area contributed by atoms with Crippen LogP contribution in [0, 0.1) is 5.92 Å². The summed E-state index contributed by atoms with van der Waals surface area (Å²) in [5.74, 6) is 0.0263. The number of rotatable bonds is 9. The summed E-state index contributed by atoms with van der Waals surface area (Å²) in [7, 11) is -3.21. The number of likely N-dealkylation sites (tertiary alicyclic amines) is 1. The van der Waals surface area contributed by atoms with Crippen molar-refractivity contribution in [3.63, 3.8) is 0 Å². The highest BCUT2D eigenvalue weighted by atomic mass is 32.2. The highest BCUT2D eigenvalue weighted by molar-refractivity contribution is 7.88. The number of hydrogen-bond donors (Lipinski definition) is 2. The minimum atomic E-state index is -3.21. The molecule has 2 N–H and O–H groups in total. The molecule has 2 fully saturated rings. The van der Waals surface area contributed by atoms with E-state index in [4.69, 9.17) is 4.74 Å². The fourth-order valence-corrected chi connectivity index (χ4v) is 5.26. The summed E-state index contributed by atoms with van der Waals surface area (Å²) in [4.78, 5) is 27.1. The van der Waals surface area contributed by atoms with E-state index in [0.717, 1.165) is 44.0 Å². The van der Waals surface area contributed by atoms with Crippen LogP contribution in [0.5, 0.6) is 0 Å². The SMILES string of the molecule is CCOC(=O)c1c(C2CC2)csc1NC(=O)CN1CCCC(CNS(C)(=O)=O)C1. The molecule has 29 heavy (non-hydrogen) atoms. The van der Waals surface area contributed by atoms with E-state index >= 15 is 0 Å². The van der Waals surface area contributed by atoms with Crippen molar-refractivity contribution in [3.05, 3.63) is 16.5 Å². The van der Waals surface area contributed by atoms with Crippen molar-refractivity contribution >= 4 is 38.2 Å². The maximum atomic E-state index is 12.6. The summed E-state index contributed by atoms with van der Waals surface area (Å²) in [6, 6.07) is 0. The van der Waals surface area contributed by atoms with Crippen LogP contribution in [0.25, 0.3) is 0 Å². The number of anilines is 1. The Hall–Kier alpha value is -1.49. The number of esters is 1. The number of carbonyl (C=O) groups is 2. The summed E-state index contributed by atoms with van der Waals surface area (Å²) in [6.45, 7) is 4.13. The van der Waals surface area contributed by atoms with Gasteiger partial charge in [-0.3, -0.25) is 9.69 Å². The van der Waals surface area contributed by atoms with Gasteiger partial charge >= 0.3 is 5.97 Å². The molecule has 1 amide bonds. The first kappa shape index (κ1) is 22.2. The number of sulfonamides is 1. The van der Waals surface area contributed by atoms with Crippen LogP contribution >= 0.6 is 11.3 Å². The molecule has 8 nitrogen and oxygen atoms in total. The number of hydrogen-bond acceptors (Lipinski definition) is 7. The van der Waals surface area contributed by atoms with E-state index in [1.165, 1.54) is 11.3 Å². The predicted molar refractivity (Wildman–Crippen MR) is 113 cm³/mol. The standard InChI is InChI=1S/C19H29N3O5S2/c1-3-27-19(24)17-15(14-6-7-14)12-28-18(17)21-16(23)11-22-8-4-5-13(10-22)9-20-29(2,25)26/h12-14,20H,3-11H2,1-2H3,(H,21,23). The molecule has 10 heteroatoms. The molecule has 1 aromatic heterocycles. The Kier molecular flexibility index (Phi) is 7.31. The van der Waals surface area contributed by atoms with Gasteiger partial charge in [-0.05, 0) is 61.9 Å². The summed E-state index contributed by atoms with van der Waals surface area (Å²) in [5, 5.41) is 5.41. The predicted octanol–water partition coefficient (Wildman–Crippen LogP) is 2.00. The number of thiophene rings is 1. The van der Waals surface area contributed by atoms with Crippen LogP contribution in [-0.4, -0.2) is 64.2 Å². The van der Waals surface area contributed by atoms with E-state index in [1.807, 2.05) is 10.3 Å². The third-order valence-electron chi connectivity index (χ3n) is 5.17. The Morgan fingerprint density at radius 3 is 2.72 bits per heavy atom. The monoisotopic (exact) mass is 443 g/mol. The van der Waals surface area contributed by atoms with Crippen LogP contribution in [0.15, 0.2) is 5.38 Å². The second-order valence-electron chi connectivity index (χ2n) is 7.80. The number of piperidine rings is 1. The molecule has 162 valence electrons. The molecule has 3 rings (SSSR count). The third-order valence-corrected chi connectivity index (χ3v) is 6.78. The van der Waals surface area contributed by atoms with E-state index in [9.17, 15) is 18.0 Å². The molecule has 2 heterocycles. The maximum Gasteiger partial charge on any atom is 0.341 e. The lowest BCUT2D eigenvalue weighted by molar-refractivity contribution is -0.117. The van der Waals surface area contributed by atoms with Crippen LogP contribution in [0.1, 0.15) is 54.4 Å². The molecule has 2 aliphatic rings. The van der Waals surface area contributed by atoms with Gasteiger partial charge in [-0.25, -0.2) is 17.9 Å². The molecule has 1 aromatic rings. The first-order valence-corrected chi connectivity index (χ1v) is 12.8. The van der Waals surface area contributed by atoms with Gasteiger partial charge in [0.05, 0.1) is 25.0 Å². The zero-order valence-electron chi connectivity index (χ0n) is 16.9. The highest BCUT2D eigenvalue weighted by Crippen LogP contribution is 2.46. The minimum Gasteiger partial charge on any atom is -0.462 e. The first-order valence-electron chi connectivity index (χ1n) is 10.0. The van der Waals surface area contributed by atoms with Gasteiger partial charge in [-0.1, -0.05) is 0 Å². The zero-order chi connectivity index (χ0) is 21.0. The number of amides is 1. The Morgan fingerprint density at radius 2 is 2.07 bits per heavy atom. The van der Waals surface area contributed by atoms with Crippen molar-refractivity contribution in [3.8, 4) is 0 Å². The fourth-order valence-electron chi connectivity index (χ4n) is 3.67. The van der Waals surface area contributed by atoms with E-state index in [2.05, 4.69) is 10.0 Å². The average Bonchev–Trinajstić information content (AvgIpc) is 3.40. The van der Waals surface area contributed by atoms with Crippen molar-refractivity contribution < 1.29 is 22.7 Å². The summed E-state index contributed by atoms with van der Waals surface area (Å²) < 4.78 is 30.3. The molecule has 0 bridgehead atoms. The van der Waals surface area contributed by atoms with E-state index in [0.29, 0.717) is 36.2 Å². The van der Waals surface area contributed by atoms with Crippen LogP contribution in [0.4, 0.5) is 5.00 Å². The van der Waals surface area contributed by atoms with Crippen molar-refractivity contribution in [1.82, 2.24) is 9.62 Å². The molecule has 0 aromatic carbocycles. The summed E-state index contributed by atoms with van der Waals surface area (Å²) >= 11 is 1.37. The van der Waals surface area contributed by atoms with Gasteiger partial charge in [0.2, 0.25) is 15.9 Å². The topological polar surface area (TPSA) is 105 Å². The minimum absolute atomic E-state index is 0.170. The summed E-state index contributed by atoms with van der Waals surface area (Å²) in [5.41, 5.74) is 1.48. The van der Waals surface area contributed by atoms with Gasteiger partial charge in [0.1, 0.15) is 5.00 Å². The highest BCUT2D eigenvalue weighted by Gasteiger charge is 2.32. The quantitative estimate of drug-likeness (QED) is 0.566. The molecule has 1 aliphatic heterocycles. The lowest BCUT2D eigenvalue weighted by Crippen LogP contribution is -2.43. The molecule has 1 saturated heterocycles. The van der Waals surface area contributed by atoms with Gasteiger partial charge in [-0.15, -0.1) is 11.3 Å². The van der Waals surface area contributed by atoms with Crippen molar-refractivity contribution in [2.45, 2.75) is 38.5 Å². The molecule has 1 atom stereocenters. The van der Waals surface area contributed by atoms with Crippen LogP contribution in [0.3, 0.4) is 0 Å². The summed E-state index contributed by atoms with van der Waals surface area (Å²) in [6.07, 6.45) is 5.13. The molecule has 1 unspecified atom stereocenters. The van der Waals surface area contributed by atoms with Gasteiger partial charge in [0, 0.05) is 13.1 Å². The number of ether oxygens (including phenoxy) is 1. The van der Waals surface area contributed by atoms with Gasteiger partial charge in [0.15, 0.2) is 0 Å². The first-order chi connectivity index (χ1) is 13.8. The fraction of sp³-hybridized carbons (Fsp3) is 0.684. The van der Waals surface area contributed by atoms with Crippen molar-refractivity contribution in [2.75, 3.05) is 44.4 Å². The molecular weight excluding hydrogens is 414 g/mol. The lowest BCUT2D eigenvalue weighted by atomic mass is 9.98. The normalized spacial score (nSPS) is 20.4. The third kappa shape index (κ3) is 6.50. The number of carbonyl (C=O) groups excluding carboxylic acids is 2. The molecule has 1 saturated carbocycles. The second-order valence-corrected chi connectivity index (χ2v) is 10.5. The van der Waals surface area contributed by atoms with E-state index in [-0.39, 0.29) is 24.3 Å². The van der Waals surface area contributed by atoms with Crippen molar-refractivity contribution in [2.24, 2.45) is 5.92 Å². The van der Waals surface area contributed by atoms with Gasteiger partial charge in [0.25, 0.3) is 0 Å². The maximum absolute atomic E-state index is 12.6. The van der Waals surface area contributed by atoms with E-state index < -0.39 is 10.0 Å². The number of nitrogens with zero attached hydrogens (tertiary/aromatic N) is 1. The Bertz CT molecular complexity index is 848. The van der Waals surface area contributed by atoms with Crippen molar-refractivity contribution in [1.29, 1.82) is 0 Å². The molecule has 1 aliphatic carbocycles. The Morgan fingerprint density at radius 1 is 1.31 bits per heavy atom. The number of nitrogens with one attached hydrogen (secondary N) is 2. The molecule has 0 spiro atoms. The van der Waals surface area contributed by atoms with Crippen LogP contribution < -0.4 is 10.0 Å². The van der Waals surface area contributed by atoms with E-state index in [1.54, 1.807) is 6.92 Å². The smallest absolute Gasteiger partial charge is 0.341 e. The zero-order valence-corrected chi connectivity index (χ0v) is 18.5. The Balaban J connectivity index is 1.58. The Labute approximate surface area is 176 Å².